The fourth-order valence-electron chi connectivity index (χ4n) is 2.40. The Hall–Kier alpha value is -2.16. The molecular weight excluding hydrogens is 480 g/mol. The van der Waals surface area contributed by atoms with Gasteiger partial charge in [-0.2, -0.15) is 13.2 Å². The normalized spacial score (nSPS) is 11.1. The van der Waals surface area contributed by atoms with Crippen LogP contribution < -0.4 is 14.8 Å². The van der Waals surface area contributed by atoms with Gasteiger partial charge in [0.25, 0.3) is 5.91 Å². The van der Waals surface area contributed by atoms with E-state index >= 15 is 0 Å². The minimum absolute atomic E-state index is 0.101. The highest BCUT2D eigenvalue weighted by molar-refractivity contribution is 6.55. The van der Waals surface area contributed by atoms with E-state index in [1.165, 1.54) is 6.08 Å². The van der Waals surface area contributed by atoms with E-state index in [9.17, 15) is 18.0 Å². The summed E-state index contributed by atoms with van der Waals surface area (Å²) >= 11 is 17.3. The molecule has 5 nitrogen and oxygen atoms in total. The van der Waals surface area contributed by atoms with Crippen LogP contribution in [0.1, 0.15) is 28.0 Å². The predicted octanol–water partition coefficient (Wildman–Crippen LogP) is 5.96. The molecule has 1 amide bonds. The Kier molecular flexibility index (Phi) is 9.28. The zero-order chi connectivity index (χ0) is 23.0. The van der Waals surface area contributed by atoms with Crippen LogP contribution in [0.15, 0.2) is 41.0 Å². The second kappa shape index (κ2) is 11.5. The Morgan fingerprint density at radius 1 is 1.23 bits per heavy atom. The molecular formula is C20H18Cl3F3N2O3. The van der Waals surface area contributed by atoms with Crippen LogP contribution in [0.4, 0.5) is 13.2 Å². The Balaban J connectivity index is 1.79. The number of nitrogens with one attached hydrogen (secondary N) is 1. The molecule has 0 unspecified atom stereocenters. The van der Waals surface area contributed by atoms with Crippen molar-refractivity contribution in [2.75, 3.05) is 19.8 Å². The molecule has 0 saturated carbocycles. The number of carbonyl (C=O) groups is 1. The Bertz CT molecular complexity index is 908. The zero-order valence-corrected chi connectivity index (χ0v) is 18.5. The Morgan fingerprint density at radius 3 is 2.55 bits per heavy atom. The number of alkyl halides is 3. The van der Waals surface area contributed by atoms with Gasteiger partial charge in [-0.25, -0.2) is 0 Å². The second-order valence-electron chi connectivity index (χ2n) is 6.24. The van der Waals surface area contributed by atoms with Gasteiger partial charge >= 0.3 is 6.18 Å². The smallest absolute Gasteiger partial charge is 0.417 e. The first-order valence-electron chi connectivity index (χ1n) is 8.96. The highest BCUT2D eigenvalue weighted by Crippen LogP contribution is 2.33. The van der Waals surface area contributed by atoms with Crippen molar-refractivity contribution in [2.24, 2.45) is 0 Å². The molecule has 1 heterocycles. The van der Waals surface area contributed by atoms with Crippen molar-refractivity contribution in [1.29, 1.82) is 0 Å². The lowest BCUT2D eigenvalue weighted by molar-refractivity contribution is -0.137. The summed E-state index contributed by atoms with van der Waals surface area (Å²) in [6.45, 7) is 2.49. The number of hydrogen-bond donors (Lipinski definition) is 1. The van der Waals surface area contributed by atoms with Gasteiger partial charge in [0.2, 0.25) is 0 Å². The second-order valence-corrected chi connectivity index (χ2v) is 7.66. The number of rotatable bonds is 9. The first-order chi connectivity index (χ1) is 14.6. The fourth-order valence-corrected chi connectivity index (χ4v) is 2.84. The molecule has 0 radical (unpaired) electrons. The van der Waals surface area contributed by atoms with Gasteiger partial charge in [-0.05, 0) is 43.2 Å². The predicted molar refractivity (Wildman–Crippen MR) is 113 cm³/mol. The average molecular weight is 498 g/mol. The molecule has 2 aromatic rings. The number of ether oxygens (including phenoxy) is 2. The molecule has 1 aromatic carbocycles. The van der Waals surface area contributed by atoms with Gasteiger partial charge in [0.15, 0.2) is 0 Å². The highest BCUT2D eigenvalue weighted by Gasteiger charge is 2.30. The maximum Gasteiger partial charge on any atom is 0.417 e. The summed E-state index contributed by atoms with van der Waals surface area (Å²) in [6, 6.07) is 5.18. The minimum Gasteiger partial charge on any atom is -0.492 e. The van der Waals surface area contributed by atoms with Crippen LogP contribution in [0, 0.1) is 6.92 Å². The molecule has 1 aromatic heterocycles. The van der Waals surface area contributed by atoms with E-state index in [1.807, 2.05) is 0 Å². The zero-order valence-electron chi connectivity index (χ0n) is 16.2. The van der Waals surface area contributed by atoms with Crippen LogP contribution in [0.3, 0.4) is 0 Å². The summed E-state index contributed by atoms with van der Waals surface area (Å²) in [4.78, 5) is 15.5. The number of aromatic nitrogens is 1. The van der Waals surface area contributed by atoms with Gasteiger partial charge in [-0.1, -0.05) is 34.8 Å². The molecule has 0 aliphatic carbocycles. The maximum atomic E-state index is 12.5. The van der Waals surface area contributed by atoms with Crippen molar-refractivity contribution in [3.8, 4) is 11.5 Å². The van der Waals surface area contributed by atoms with Crippen LogP contribution in [-0.2, 0) is 6.18 Å². The molecule has 0 atom stereocenters. The lowest BCUT2D eigenvalue weighted by Crippen LogP contribution is -2.26. The summed E-state index contributed by atoms with van der Waals surface area (Å²) in [7, 11) is 0. The first-order valence-corrected chi connectivity index (χ1v) is 10.1. The number of carbonyl (C=O) groups excluding carboxylic acids is 1. The monoisotopic (exact) mass is 496 g/mol. The topological polar surface area (TPSA) is 60.5 Å². The third-order valence-corrected chi connectivity index (χ3v) is 4.46. The van der Waals surface area contributed by atoms with Crippen LogP contribution in [0.2, 0.25) is 5.02 Å². The maximum absolute atomic E-state index is 12.5. The van der Waals surface area contributed by atoms with E-state index < -0.39 is 17.6 Å². The molecule has 0 spiro atoms. The molecule has 11 heteroatoms. The van der Waals surface area contributed by atoms with Crippen LogP contribution in [0.25, 0.3) is 0 Å². The van der Waals surface area contributed by atoms with Gasteiger partial charge in [0, 0.05) is 18.8 Å². The largest absolute Gasteiger partial charge is 0.492 e. The number of aryl methyl sites for hydroxylation is 1. The van der Waals surface area contributed by atoms with E-state index in [4.69, 9.17) is 44.3 Å². The van der Waals surface area contributed by atoms with Gasteiger partial charge in [-0.15, -0.1) is 0 Å². The molecule has 1 N–H and O–H groups in total. The van der Waals surface area contributed by atoms with E-state index in [1.54, 1.807) is 19.1 Å². The molecule has 0 aliphatic rings. The molecule has 2 rings (SSSR count). The van der Waals surface area contributed by atoms with Crippen molar-refractivity contribution in [3.63, 3.8) is 0 Å². The number of pyridine rings is 1. The van der Waals surface area contributed by atoms with E-state index in [-0.39, 0.29) is 29.9 Å². The van der Waals surface area contributed by atoms with Crippen molar-refractivity contribution >= 4 is 40.7 Å². The molecule has 0 bridgehead atoms. The number of nitrogens with zero attached hydrogens (tertiary/aromatic N) is 1. The highest BCUT2D eigenvalue weighted by atomic mass is 35.5. The number of hydrogen-bond acceptors (Lipinski definition) is 4. The van der Waals surface area contributed by atoms with Crippen molar-refractivity contribution in [3.05, 3.63) is 62.9 Å². The van der Waals surface area contributed by atoms with Gasteiger partial charge in [0.05, 0.1) is 17.2 Å². The molecule has 0 aliphatic heterocycles. The Morgan fingerprint density at radius 2 is 1.97 bits per heavy atom. The van der Waals surface area contributed by atoms with Crippen molar-refractivity contribution in [1.82, 2.24) is 10.3 Å². The standard InChI is InChI=1S/C20H18Cl3F3N2O3/c1-12-9-14(30-8-5-17(22)23)10-15(21)18(12)31-7-2-6-27-19(29)16-4-3-13(11-28-16)20(24,25)26/h3-5,9-11H,2,6-8H2,1H3,(H,27,29). The average Bonchev–Trinajstić information content (AvgIpc) is 2.68. The third-order valence-electron chi connectivity index (χ3n) is 3.87. The molecule has 0 fully saturated rings. The first kappa shape index (κ1) is 25.1. The summed E-state index contributed by atoms with van der Waals surface area (Å²) in [5.74, 6) is 0.434. The molecule has 0 saturated heterocycles. The van der Waals surface area contributed by atoms with Crippen molar-refractivity contribution < 1.29 is 27.4 Å². The summed E-state index contributed by atoms with van der Waals surface area (Å²) in [5, 5.41) is 2.93. The SMILES string of the molecule is Cc1cc(OCC=C(Cl)Cl)cc(Cl)c1OCCCNC(=O)c1ccc(C(F)(F)F)cn1. The van der Waals surface area contributed by atoms with Gasteiger partial charge in [0.1, 0.15) is 28.3 Å². The van der Waals surface area contributed by atoms with Crippen molar-refractivity contribution in [2.45, 2.75) is 19.5 Å². The fraction of sp³-hybridized carbons (Fsp3) is 0.300. The number of amides is 1. The summed E-state index contributed by atoms with van der Waals surface area (Å²) in [5.41, 5.74) is -0.268. The van der Waals surface area contributed by atoms with E-state index in [0.717, 1.165) is 17.7 Å². The lowest BCUT2D eigenvalue weighted by atomic mass is 10.2. The number of benzene rings is 1. The van der Waals surface area contributed by atoms with Gasteiger partial charge in [-0.3, -0.25) is 9.78 Å². The molecule has 31 heavy (non-hydrogen) atoms. The Labute approximate surface area is 192 Å². The molecule has 168 valence electrons. The summed E-state index contributed by atoms with van der Waals surface area (Å²) in [6.07, 6.45) is -1.94. The summed E-state index contributed by atoms with van der Waals surface area (Å²) < 4.78 is 48.8. The third kappa shape index (κ3) is 8.12. The number of halogens is 6. The van der Waals surface area contributed by atoms with Crippen LogP contribution in [0.5, 0.6) is 11.5 Å². The quantitative estimate of drug-likeness (QED) is 0.434. The minimum atomic E-state index is -4.50. The van der Waals surface area contributed by atoms with E-state index in [0.29, 0.717) is 29.1 Å². The van der Waals surface area contributed by atoms with Gasteiger partial charge < -0.3 is 14.8 Å². The van der Waals surface area contributed by atoms with Crippen LogP contribution in [-0.4, -0.2) is 30.6 Å². The van der Waals surface area contributed by atoms with Crippen LogP contribution >= 0.6 is 34.8 Å². The van der Waals surface area contributed by atoms with E-state index in [2.05, 4.69) is 10.3 Å². The lowest BCUT2D eigenvalue weighted by Gasteiger charge is -2.13.